The zero-order valence-corrected chi connectivity index (χ0v) is 20.8. The zero-order valence-electron chi connectivity index (χ0n) is 17.6. The monoisotopic (exact) mass is 521 g/mol. The van der Waals surface area contributed by atoms with Crippen molar-refractivity contribution in [2.75, 3.05) is 38.2 Å². The lowest BCUT2D eigenvalue weighted by atomic mass is 10.1. The van der Waals surface area contributed by atoms with E-state index in [1.54, 1.807) is 29.5 Å². The van der Waals surface area contributed by atoms with Crippen molar-refractivity contribution in [3.63, 3.8) is 0 Å². The fraction of sp³-hybridized carbons (Fsp3) is 0.318. The minimum absolute atomic E-state index is 0.184. The Bertz CT molecular complexity index is 1180. The topological polar surface area (TPSA) is 62.7 Å². The van der Waals surface area contributed by atoms with E-state index in [0.29, 0.717) is 36.4 Å². The highest BCUT2D eigenvalue weighted by molar-refractivity contribution is 9.10. The molecule has 2 aromatic carbocycles. The molecule has 0 spiro atoms. The maximum absolute atomic E-state index is 13.2. The summed E-state index contributed by atoms with van der Waals surface area (Å²) in [6.07, 6.45) is 0. The molecule has 0 atom stereocenters. The normalized spacial score (nSPS) is 15.3. The van der Waals surface area contributed by atoms with E-state index in [1.165, 1.54) is 22.5 Å². The maximum Gasteiger partial charge on any atom is 0.246 e. The van der Waals surface area contributed by atoms with E-state index in [-0.39, 0.29) is 4.90 Å². The lowest BCUT2D eigenvalue weighted by Gasteiger charge is -2.34. The molecular formula is C22H24BrN3O3S2. The largest absolute Gasteiger partial charge is 0.495 e. The van der Waals surface area contributed by atoms with Gasteiger partial charge in [-0.2, -0.15) is 4.31 Å². The first kappa shape index (κ1) is 22.3. The molecule has 1 fully saturated rings. The molecule has 0 aliphatic carbocycles. The molecular weight excluding hydrogens is 498 g/mol. The Morgan fingerprint density at radius 3 is 2.35 bits per heavy atom. The van der Waals surface area contributed by atoms with Crippen molar-refractivity contribution >= 4 is 42.4 Å². The molecule has 2 heterocycles. The van der Waals surface area contributed by atoms with E-state index in [4.69, 9.17) is 9.72 Å². The predicted molar refractivity (Wildman–Crippen MR) is 129 cm³/mol. The van der Waals surface area contributed by atoms with Gasteiger partial charge in [0.05, 0.1) is 12.8 Å². The van der Waals surface area contributed by atoms with Gasteiger partial charge in [0.15, 0.2) is 5.13 Å². The van der Waals surface area contributed by atoms with Crippen LogP contribution in [-0.2, 0) is 10.0 Å². The number of thiazole rings is 1. The Morgan fingerprint density at radius 1 is 1.03 bits per heavy atom. The molecule has 0 saturated carbocycles. The lowest BCUT2D eigenvalue weighted by Crippen LogP contribution is -2.48. The lowest BCUT2D eigenvalue weighted by molar-refractivity contribution is 0.374. The number of rotatable bonds is 5. The summed E-state index contributed by atoms with van der Waals surface area (Å²) in [7, 11) is -2.16. The Labute approximate surface area is 195 Å². The van der Waals surface area contributed by atoms with Gasteiger partial charge >= 0.3 is 0 Å². The van der Waals surface area contributed by atoms with Crippen LogP contribution in [0.25, 0.3) is 11.3 Å². The first-order valence-corrected chi connectivity index (χ1v) is 13.0. The number of aromatic nitrogens is 1. The summed E-state index contributed by atoms with van der Waals surface area (Å²) in [5.41, 5.74) is 4.50. The van der Waals surface area contributed by atoms with E-state index in [0.717, 1.165) is 16.4 Å². The second-order valence-corrected chi connectivity index (χ2v) is 11.2. The van der Waals surface area contributed by atoms with Gasteiger partial charge in [0.25, 0.3) is 0 Å². The summed E-state index contributed by atoms with van der Waals surface area (Å²) in [6.45, 7) is 6.16. The van der Waals surface area contributed by atoms with Crippen molar-refractivity contribution in [3.05, 3.63) is 57.4 Å². The van der Waals surface area contributed by atoms with Crippen LogP contribution in [0.5, 0.6) is 5.75 Å². The maximum atomic E-state index is 13.2. The number of ether oxygens (including phenoxy) is 1. The molecule has 0 unspecified atom stereocenters. The minimum atomic E-state index is -3.65. The third-order valence-corrected chi connectivity index (χ3v) is 8.58. The number of nitrogens with zero attached hydrogens (tertiary/aromatic N) is 3. The van der Waals surface area contributed by atoms with Crippen LogP contribution < -0.4 is 9.64 Å². The Morgan fingerprint density at radius 2 is 1.71 bits per heavy atom. The highest BCUT2D eigenvalue weighted by Crippen LogP contribution is 2.32. The predicted octanol–water partition coefficient (Wildman–Crippen LogP) is 4.71. The summed E-state index contributed by atoms with van der Waals surface area (Å²) < 4.78 is 33.9. The molecule has 31 heavy (non-hydrogen) atoms. The van der Waals surface area contributed by atoms with Crippen molar-refractivity contribution in [3.8, 4) is 17.0 Å². The number of aryl methyl sites for hydroxylation is 2. The fourth-order valence-electron chi connectivity index (χ4n) is 3.78. The van der Waals surface area contributed by atoms with Gasteiger partial charge in [0.2, 0.25) is 10.0 Å². The highest BCUT2D eigenvalue weighted by atomic mass is 79.9. The molecule has 9 heteroatoms. The number of benzene rings is 2. The van der Waals surface area contributed by atoms with Crippen molar-refractivity contribution in [2.45, 2.75) is 18.7 Å². The van der Waals surface area contributed by atoms with Crippen LogP contribution >= 0.6 is 27.3 Å². The average molecular weight is 522 g/mol. The number of piperazine rings is 1. The molecule has 0 radical (unpaired) electrons. The number of methoxy groups -OCH3 is 1. The summed E-state index contributed by atoms with van der Waals surface area (Å²) in [5, 5.41) is 2.99. The van der Waals surface area contributed by atoms with Crippen LogP contribution in [0.15, 0.2) is 51.1 Å². The summed E-state index contributed by atoms with van der Waals surface area (Å²) in [4.78, 5) is 7.16. The highest BCUT2D eigenvalue weighted by Gasteiger charge is 2.31. The first-order valence-electron chi connectivity index (χ1n) is 9.91. The number of anilines is 1. The van der Waals surface area contributed by atoms with Gasteiger partial charge in [-0.1, -0.05) is 33.1 Å². The van der Waals surface area contributed by atoms with Crippen LogP contribution in [-0.4, -0.2) is 51.0 Å². The number of hydrogen-bond donors (Lipinski definition) is 0. The SMILES string of the molecule is COc1ccc(Br)cc1S(=O)(=O)N1CCN(c2nc(-c3cc(C)cc(C)c3)cs2)CC1. The minimum Gasteiger partial charge on any atom is -0.495 e. The van der Waals surface area contributed by atoms with Crippen LogP contribution in [0.4, 0.5) is 5.13 Å². The van der Waals surface area contributed by atoms with Gasteiger partial charge in [-0.05, 0) is 44.2 Å². The molecule has 0 bridgehead atoms. The van der Waals surface area contributed by atoms with E-state index >= 15 is 0 Å². The molecule has 164 valence electrons. The molecule has 1 aliphatic rings. The summed E-state index contributed by atoms with van der Waals surface area (Å²) >= 11 is 4.96. The third kappa shape index (κ3) is 4.64. The van der Waals surface area contributed by atoms with E-state index in [1.807, 2.05) is 0 Å². The number of hydrogen-bond acceptors (Lipinski definition) is 6. The second kappa shape index (κ2) is 8.90. The molecule has 1 aliphatic heterocycles. The molecule has 1 aromatic heterocycles. The van der Waals surface area contributed by atoms with E-state index in [2.05, 4.69) is 58.3 Å². The van der Waals surface area contributed by atoms with Crippen molar-refractivity contribution < 1.29 is 13.2 Å². The van der Waals surface area contributed by atoms with Crippen LogP contribution in [0.2, 0.25) is 0 Å². The van der Waals surface area contributed by atoms with Crippen molar-refractivity contribution in [1.82, 2.24) is 9.29 Å². The van der Waals surface area contributed by atoms with Crippen LogP contribution in [0.3, 0.4) is 0 Å². The van der Waals surface area contributed by atoms with Gasteiger partial charge in [0, 0.05) is 41.6 Å². The van der Waals surface area contributed by atoms with E-state index in [9.17, 15) is 8.42 Å². The first-order chi connectivity index (χ1) is 14.8. The van der Waals surface area contributed by atoms with Crippen molar-refractivity contribution in [2.24, 2.45) is 0 Å². The number of sulfonamides is 1. The molecule has 3 aromatic rings. The van der Waals surface area contributed by atoms with Gasteiger partial charge in [-0.25, -0.2) is 13.4 Å². The zero-order chi connectivity index (χ0) is 22.2. The Balaban J connectivity index is 1.49. The number of halogens is 1. The van der Waals surface area contributed by atoms with Gasteiger partial charge in [-0.15, -0.1) is 11.3 Å². The standard InChI is InChI=1S/C22H24BrN3O3S2/c1-15-10-16(2)12-17(11-15)19-14-30-22(24-19)25-6-8-26(9-7-25)31(27,28)21-13-18(23)4-5-20(21)29-3/h4-5,10-14H,6-9H2,1-3H3. The third-order valence-electron chi connectivity index (χ3n) is 5.26. The average Bonchev–Trinajstić information content (AvgIpc) is 3.23. The quantitative estimate of drug-likeness (QED) is 0.486. The molecule has 4 rings (SSSR count). The molecule has 6 nitrogen and oxygen atoms in total. The summed E-state index contributed by atoms with van der Waals surface area (Å²) in [5.74, 6) is 0.351. The summed E-state index contributed by atoms with van der Waals surface area (Å²) in [6, 6.07) is 11.5. The fourth-order valence-corrected chi connectivity index (χ4v) is 6.78. The smallest absolute Gasteiger partial charge is 0.246 e. The van der Waals surface area contributed by atoms with E-state index < -0.39 is 10.0 Å². The van der Waals surface area contributed by atoms with Gasteiger partial charge in [0.1, 0.15) is 10.6 Å². The van der Waals surface area contributed by atoms with Crippen LogP contribution in [0, 0.1) is 13.8 Å². The van der Waals surface area contributed by atoms with Gasteiger partial charge in [-0.3, -0.25) is 0 Å². The van der Waals surface area contributed by atoms with Crippen LogP contribution in [0.1, 0.15) is 11.1 Å². The molecule has 0 amide bonds. The molecule has 1 saturated heterocycles. The Kier molecular flexibility index (Phi) is 6.39. The second-order valence-electron chi connectivity index (χ2n) is 7.58. The Hall–Kier alpha value is -1.94. The molecule has 0 N–H and O–H groups in total. The van der Waals surface area contributed by atoms with Crippen molar-refractivity contribution in [1.29, 1.82) is 0 Å². The van der Waals surface area contributed by atoms with Gasteiger partial charge < -0.3 is 9.64 Å².